The second-order valence-electron chi connectivity index (χ2n) is 6.13. The molecule has 0 spiro atoms. The number of likely N-dealkylation sites (N-methyl/N-ethyl adjacent to an activating group) is 2. The molecule has 0 saturated carbocycles. The van der Waals surface area contributed by atoms with Gasteiger partial charge in [-0.25, -0.2) is 0 Å². The number of nitrogens with zero attached hydrogens (tertiary/aromatic N) is 4. The highest BCUT2D eigenvalue weighted by Crippen LogP contribution is 2.07. The topological polar surface area (TPSA) is 42.1 Å². The zero-order valence-corrected chi connectivity index (χ0v) is 13.1. The second-order valence-corrected chi connectivity index (χ2v) is 6.13. The van der Waals surface area contributed by atoms with Crippen LogP contribution < -0.4 is 5.32 Å². The normalized spacial score (nSPS) is 26.6. The molecule has 6 nitrogen and oxygen atoms in total. The molecule has 2 saturated heterocycles. The highest BCUT2D eigenvalue weighted by Gasteiger charge is 2.29. The number of carbonyl (C=O) groups is 1. The Labute approximate surface area is 122 Å². The maximum Gasteiger partial charge on any atom is 0.240 e. The van der Waals surface area contributed by atoms with Gasteiger partial charge in [0.2, 0.25) is 5.91 Å². The van der Waals surface area contributed by atoms with Gasteiger partial charge in [-0.1, -0.05) is 0 Å². The largest absolute Gasteiger partial charge is 0.347 e. The van der Waals surface area contributed by atoms with Crippen molar-refractivity contribution in [2.75, 3.05) is 80.0 Å². The van der Waals surface area contributed by atoms with Crippen LogP contribution in [0.25, 0.3) is 0 Å². The Kier molecular flexibility index (Phi) is 5.77. The van der Waals surface area contributed by atoms with Gasteiger partial charge in [-0.3, -0.25) is 14.6 Å². The van der Waals surface area contributed by atoms with Gasteiger partial charge in [0.05, 0.1) is 0 Å². The molecular weight excluding hydrogens is 254 g/mol. The van der Waals surface area contributed by atoms with Crippen molar-refractivity contribution in [3.8, 4) is 0 Å². The summed E-state index contributed by atoms with van der Waals surface area (Å²) in [4.78, 5) is 21.2. The fourth-order valence-corrected chi connectivity index (χ4v) is 2.90. The molecule has 2 aliphatic rings. The average Bonchev–Trinajstić information content (AvgIpc) is 2.46. The van der Waals surface area contributed by atoms with E-state index in [1.54, 1.807) is 4.90 Å². The number of hydrogen-bond donors (Lipinski definition) is 1. The van der Waals surface area contributed by atoms with E-state index in [1.807, 2.05) is 14.1 Å². The molecule has 2 fully saturated rings. The van der Waals surface area contributed by atoms with Crippen molar-refractivity contribution in [2.45, 2.75) is 6.04 Å². The Hall–Kier alpha value is -0.690. The van der Waals surface area contributed by atoms with Gasteiger partial charge in [0.1, 0.15) is 6.04 Å². The SMILES string of the molecule is CN1CCN(CCN2CCNCC2C(=O)N(C)C)CC1. The summed E-state index contributed by atoms with van der Waals surface area (Å²) in [6, 6.07) is 0.00575. The van der Waals surface area contributed by atoms with Crippen LogP contribution in [0.3, 0.4) is 0 Å². The number of amides is 1. The summed E-state index contributed by atoms with van der Waals surface area (Å²) < 4.78 is 0. The molecule has 1 N–H and O–H groups in total. The third kappa shape index (κ3) is 4.15. The molecule has 1 amide bonds. The third-order valence-corrected chi connectivity index (χ3v) is 4.38. The lowest BCUT2D eigenvalue weighted by Crippen LogP contribution is -2.59. The summed E-state index contributed by atoms with van der Waals surface area (Å²) >= 11 is 0. The molecule has 1 atom stereocenters. The first-order valence-corrected chi connectivity index (χ1v) is 7.65. The van der Waals surface area contributed by atoms with Gasteiger partial charge >= 0.3 is 0 Å². The second kappa shape index (κ2) is 7.36. The van der Waals surface area contributed by atoms with Crippen molar-refractivity contribution in [1.29, 1.82) is 0 Å². The Morgan fingerprint density at radius 1 is 1.15 bits per heavy atom. The van der Waals surface area contributed by atoms with Crippen molar-refractivity contribution >= 4 is 5.91 Å². The fourth-order valence-electron chi connectivity index (χ4n) is 2.90. The number of rotatable bonds is 4. The Morgan fingerprint density at radius 3 is 2.50 bits per heavy atom. The Morgan fingerprint density at radius 2 is 1.85 bits per heavy atom. The molecule has 1 unspecified atom stereocenters. The molecule has 116 valence electrons. The van der Waals surface area contributed by atoms with Crippen LogP contribution in [0.2, 0.25) is 0 Å². The molecule has 2 rings (SSSR count). The lowest BCUT2D eigenvalue weighted by atomic mass is 10.1. The van der Waals surface area contributed by atoms with E-state index < -0.39 is 0 Å². The molecule has 0 aromatic heterocycles. The molecule has 0 aliphatic carbocycles. The van der Waals surface area contributed by atoms with E-state index in [-0.39, 0.29) is 11.9 Å². The summed E-state index contributed by atoms with van der Waals surface area (Å²) in [5, 5.41) is 3.33. The first-order chi connectivity index (χ1) is 9.58. The summed E-state index contributed by atoms with van der Waals surface area (Å²) in [6.45, 7) is 9.41. The fraction of sp³-hybridized carbons (Fsp3) is 0.929. The van der Waals surface area contributed by atoms with Gasteiger partial charge in [0, 0.05) is 73.0 Å². The van der Waals surface area contributed by atoms with Crippen molar-refractivity contribution in [3.63, 3.8) is 0 Å². The minimum Gasteiger partial charge on any atom is -0.347 e. The summed E-state index contributed by atoms with van der Waals surface area (Å²) in [6.07, 6.45) is 0. The highest BCUT2D eigenvalue weighted by atomic mass is 16.2. The van der Waals surface area contributed by atoms with Crippen LogP contribution in [0.4, 0.5) is 0 Å². The van der Waals surface area contributed by atoms with Crippen LogP contribution in [-0.2, 0) is 4.79 Å². The average molecular weight is 283 g/mol. The van der Waals surface area contributed by atoms with Crippen molar-refractivity contribution in [2.24, 2.45) is 0 Å². The van der Waals surface area contributed by atoms with Gasteiger partial charge < -0.3 is 15.1 Å². The van der Waals surface area contributed by atoms with Crippen molar-refractivity contribution in [3.05, 3.63) is 0 Å². The van der Waals surface area contributed by atoms with E-state index in [0.29, 0.717) is 0 Å². The quantitative estimate of drug-likeness (QED) is 0.687. The molecule has 0 bridgehead atoms. The van der Waals surface area contributed by atoms with E-state index in [0.717, 1.165) is 58.9 Å². The van der Waals surface area contributed by atoms with Crippen molar-refractivity contribution in [1.82, 2.24) is 24.9 Å². The van der Waals surface area contributed by atoms with Gasteiger partial charge in [-0.15, -0.1) is 0 Å². The van der Waals surface area contributed by atoms with Gasteiger partial charge in [0.25, 0.3) is 0 Å². The molecule has 2 aliphatic heterocycles. The number of carbonyl (C=O) groups excluding carboxylic acids is 1. The molecular formula is C14H29N5O. The predicted octanol–water partition coefficient (Wildman–Crippen LogP) is -1.40. The van der Waals surface area contributed by atoms with Crippen molar-refractivity contribution < 1.29 is 4.79 Å². The minimum atomic E-state index is 0.00575. The van der Waals surface area contributed by atoms with Gasteiger partial charge in [0.15, 0.2) is 0 Å². The maximum absolute atomic E-state index is 12.2. The smallest absolute Gasteiger partial charge is 0.240 e. The highest BCUT2D eigenvalue weighted by molar-refractivity contribution is 5.81. The number of nitrogens with one attached hydrogen (secondary N) is 1. The Bertz CT molecular complexity index is 315. The first kappa shape index (κ1) is 15.7. The molecule has 0 aromatic rings. The van der Waals surface area contributed by atoms with Crippen LogP contribution in [0, 0.1) is 0 Å². The van der Waals surface area contributed by atoms with Crippen LogP contribution >= 0.6 is 0 Å². The van der Waals surface area contributed by atoms with Crippen LogP contribution in [0.15, 0.2) is 0 Å². The zero-order chi connectivity index (χ0) is 14.5. The molecule has 2 heterocycles. The monoisotopic (exact) mass is 283 g/mol. The van der Waals surface area contributed by atoms with Gasteiger partial charge in [-0.05, 0) is 7.05 Å². The molecule has 0 aromatic carbocycles. The lowest BCUT2D eigenvalue weighted by molar-refractivity contribution is -0.135. The number of hydrogen-bond acceptors (Lipinski definition) is 5. The maximum atomic E-state index is 12.2. The third-order valence-electron chi connectivity index (χ3n) is 4.38. The summed E-state index contributed by atoms with van der Waals surface area (Å²) in [5.41, 5.74) is 0. The van der Waals surface area contributed by atoms with E-state index in [1.165, 1.54) is 0 Å². The zero-order valence-electron chi connectivity index (χ0n) is 13.1. The molecule has 20 heavy (non-hydrogen) atoms. The first-order valence-electron chi connectivity index (χ1n) is 7.65. The van der Waals surface area contributed by atoms with Gasteiger partial charge in [-0.2, -0.15) is 0 Å². The van der Waals surface area contributed by atoms with Crippen LogP contribution in [-0.4, -0.2) is 112 Å². The minimum absolute atomic E-state index is 0.00575. The van der Waals surface area contributed by atoms with E-state index >= 15 is 0 Å². The number of piperazine rings is 2. The standard InChI is InChI=1S/C14H29N5O/c1-16(2)14(20)13-12-15-4-5-19(13)11-10-18-8-6-17(3)7-9-18/h13,15H,4-12H2,1-3H3. The van der Waals surface area contributed by atoms with E-state index in [9.17, 15) is 4.79 Å². The lowest BCUT2D eigenvalue weighted by Gasteiger charge is -2.39. The van der Waals surface area contributed by atoms with E-state index in [4.69, 9.17) is 0 Å². The molecule has 6 heteroatoms. The van der Waals surface area contributed by atoms with E-state index in [2.05, 4.69) is 27.1 Å². The van der Waals surface area contributed by atoms with Crippen LogP contribution in [0.1, 0.15) is 0 Å². The molecule has 0 radical (unpaired) electrons. The summed E-state index contributed by atoms with van der Waals surface area (Å²) in [5.74, 6) is 0.218. The summed E-state index contributed by atoms with van der Waals surface area (Å²) in [7, 11) is 5.87. The van der Waals surface area contributed by atoms with Crippen LogP contribution in [0.5, 0.6) is 0 Å². The predicted molar refractivity (Wildman–Crippen MR) is 80.9 cm³/mol. The Balaban J connectivity index is 1.81.